The van der Waals surface area contributed by atoms with Crippen LogP contribution in [-0.4, -0.2) is 116 Å². The lowest BCUT2D eigenvalue weighted by atomic mass is 9.73. The van der Waals surface area contributed by atoms with E-state index in [0.29, 0.717) is 25.9 Å². The highest BCUT2D eigenvalue weighted by atomic mass is 35.5. The number of piperidine rings is 2. The summed E-state index contributed by atoms with van der Waals surface area (Å²) in [6.45, 7) is 10.2. The van der Waals surface area contributed by atoms with Gasteiger partial charge in [0.15, 0.2) is 0 Å². The standard InChI is InChI=1S/C28H50ClFN8O2/c1-3-28(2)7-4-19(30)15-35-21(14-28)23(25(31)32)26(39)36-22-17-34-16-20(29)24(22)37-10-5-18(6-11-37)27(40)38-12-8-33-9-13-38/h15,18-25,33-34H,3-14,16-17,31-32H2,1-2H3,(H,36,39). The zero-order valence-electron chi connectivity index (χ0n) is 24.2. The van der Waals surface area contributed by atoms with Crippen molar-refractivity contribution in [2.24, 2.45) is 33.7 Å². The van der Waals surface area contributed by atoms with Gasteiger partial charge in [0.25, 0.3) is 0 Å². The van der Waals surface area contributed by atoms with Gasteiger partial charge in [-0.05, 0) is 50.6 Å². The van der Waals surface area contributed by atoms with Gasteiger partial charge in [0.2, 0.25) is 11.8 Å². The Balaban J connectivity index is 1.43. The fourth-order valence-electron chi connectivity index (χ4n) is 6.93. The first-order valence-electron chi connectivity index (χ1n) is 15.2. The van der Waals surface area contributed by atoms with Crippen molar-refractivity contribution in [3.8, 4) is 0 Å². The van der Waals surface area contributed by atoms with Gasteiger partial charge in [-0.3, -0.25) is 19.5 Å². The number of carbonyl (C=O) groups is 2. The Kier molecular flexibility index (Phi) is 11.2. The highest BCUT2D eigenvalue weighted by molar-refractivity contribution is 6.21. The second kappa shape index (κ2) is 14.2. The van der Waals surface area contributed by atoms with Crippen molar-refractivity contribution >= 4 is 29.6 Å². The lowest BCUT2D eigenvalue weighted by Crippen LogP contribution is -2.67. The quantitative estimate of drug-likeness (QED) is 0.216. The summed E-state index contributed by atoms with van der Waals surface area (Å²) in [4.78, 5) is 35.7. The Morgan fingerprint density at radius 2 is 1.85 bits per heavy atom. The predicted molar refractivity (Wildman–Crippen MR) is 157 cm³/mol. The molecule has 4 aliphatic heterocycles. The highest BCUT2D eigenvalue weighted by Gasteiger charge is 2.43. The number of hydrogen-bond acceptors (Lipinski definition) is 8. The fourth-order valence-corrected chi connectivity index (χ4v) is 7.37. The van der Waals surface area contributed by atoms with Crippen LogP contribution >= 0.6 is 11.6 Å². The Morgan fingerprint density at radius 1 is 1.15 bits per heavy atom. The molecule has 4 rings (SSSR count). The maximum atomic E-state index is 14.4. The van der Waals surface area contributed by atoms with Crippen molar-refractivity contribution in [1.82, 2.24) is 25.8 Å². The second-order valence-corrected chi connectivity index (χ2v) is 13.1. The number of piperazine rings is 1. The van der Waals surface area contributed by atoms with E-state index in [1.54, 1.807) is 0 Å². The first-order chi connectivity index (χ1) is 19.1. The van der Waals surface area contributed by atoms with Gasteiger partial charge in [-0.1, -0.05) is 20.3 Å². The molecule has 3 fully saturated rings. The summed E-state index contributed by atoms with van der Waals surface area (Å²) in [5.74, 6) is -0.765. The van der Waals surface area contributed by atoms with Crippen LogP contribution in [0.3, 0.4) is 0 Å². The van der Waals surface area contributed by atoms with Crippen LogP contribution in [0.15, 0.2) is 4.99 Å². The summed E-state index contributed by atoms with van der Waals surface area (Å²) >= 11 is 6.87. The van der Waals surface area contributed by atoms with Gasteiger partial charge >= 0.3 is 0 Å². The average molecular weight is 585 g/mol. The van der Waals surface area contributed by atoms with Gasteiger partial charge in [-0.25, -0.2) is 4.39 Å². The first kappa shape index (κ1) is 31.6. The van der Waals surface area contributed by atoms with Crippen molar-refractivity contribution in [2.75, 3.05) is 52.4 Å². The lowest BCUT2D eigenvalue weighted by Gasteiger charge is -2.46. The topological polar surface area (TPSA) is 141 Å². The van der Waals surface area contributed by atoms with Gasteiger partial charge < -0.3 is 32.3 Å². The molecule has 12 heteroatoms. The summed E-state index contributed by atoms with van der Waals surface area (Å²) in [5, 5.41) is 9.65. The number of nitrogens with zero attached hydrogens (tertiary/aromatic N) is 3. The summed E-state index contributed by atoms with van der Waals surface area (Å²) < 4.78 is 14.4. The maximum absolute atomic E-state index is 14.4. The zero-order valence-corrected chi connectivity index (χ0v) is 24.9. The third kappa shape index (κ3) is 7.72. The number of amides is 2. The average Bonchev–Trinajstić information content (AvgIpc) is 2.94. The summed E-state index contributed by atoms with van der Waals surface area (Å²) in [6.07, 6.45) is 3.44. The lowest BCUT2D eigenvalue weighted by molar-refractivity contribution is -0.138. The number of rotatable bonds is 7. The van der Waals surface area contributed by atoms with Gasteiger partial charge in [-0.15, -0.1) is 11.6 Å². The summed E-state index contributed by atoms with van der Waals surface area (Å²) in [7, 11) is 0. The molecule has 3 saturated heterocycles. The van der Waals surface area contributed by atoms with E-state index in [9.17, 15) is 14.0 Å². The van der Waals surface area contributed by atoms with Gasteiger partial charge in [0.05, 0.1) is 29.5 Å². The highest BCUT2D eigenvalue weighted by Crippen LogP contribution is 2.38. The Bertz CT molecular complexity index is 882. The summed E-state index contributed by atoms with van der Waals surface area (Å²) in [6, 6.07) is -0.847. The SMILES string of the molecule is CCC1(C)CCC(F)C=NC(C(C(=O)NC2CNCC(Cl)C2N2CCC(C(=O)N3CCNCC3)CC2)C(N)N)C1. The van der Waals surface area contributed by atoms with Crippen LogP contribution in [0.2, 0.25) is 0 Å². The zero-order chi connectivity index (χ0) is 28.9. The third-order valence-electron chi connectivity index (χ3n) is 9.69. The van der Waals surface area contributed by atoms with E-state index in [2.05, 4.69) is 39.7 Å². The molecule has 0 bridgehead atoms. The molecule has 4 heterocycles. The third-order valence-corrected chi connectivity index (χ3v) is 10.1. The van der Waals surface area contributed by atoms with E-state index >= 15 is 0 Å². The van der Waals surface area contributed by atoms with Crippen LogP contribution < -0.4 is 27.4 Å². The molecule has 0 aromatic rings. The molecule has 0 saturated carbocycles. The van der Waals surface area contributed by atoms with E-state index in [1.165, 1.54) is 6.21 Å². The number of carbonyl (C=O) groups excluding carboxylic acids is 2. The number of nitrogens with two attached hydrogens (primary N) is 2. The van der Waals surface area contributed by atoms with Crippen LogP contribution in [0.25, 0.3) is 0 Å². The number of alkyl halides is 2. The molecule has 0 spiro atoms. The number of halogens is 2. The van der Waals surface area contributed by atoms with Crippen molar-refractivity contribution < 1.29 is 14.0 Å². The van der Waals surface area contributed by atoms with Crippen LogP contribution in [0.4, 0.5) is 4.39 Å². The minimum atomic E-state index is -1.14. The Morgan fingerprint density at radius 3 is 2.50 bits per heavy atom. The van der Waals surface area contributed by atoms with Crippen LogP contribution in [-0.2, 0) is 9.59 Å². The second-order valence-electron chi connectivity index (χ2n) is 12.6. The summed E-state index contributed by atoms with van der Waals surface area (Å²) in [5.41, 5.74) is 12.2. The monoisotopic (exact) mass is 584 g/mol. The number of hydrogen-bond donors (Lipinski definition) is 5. The molecule has 7 atom stereocenters. The first-order valence-corrected chi connectivity index (χ1v) is 15.6. The van der Waals surface area contributed by atoms with Crippen molar-refractivity contribution in [3.63, 3.8) is 0 Å². The molecule has 40 heavy (non-hydrogen) atoms. The molecule has 0 radical (unpaired) electrons. The molecule has 7 unspecified atom stereocenters. The molecule has 4 aliphatic rings. The van der Waals surface area contributed by atoms with E-state index < -0.39 is 24.3 Å². The van der Waals surface area contributed by atoms with Gasteiger partial charge in [0.1, 0.15) is 6.17 Å². The predicted octanol–water partition coefficient (Wildman–Crippen LogP) is 0.432. The molecule has 2 amide bonds. The Labute approximate surface area is 243 Å². The van der Waals surface area contributed by atoms with E-state index in [-0.39, 0.29) is 40.6 Å². The molecule has 10 nitrogen and oxygen atoms in total. The fraction of sp³-hybridized carbons (Fsp3) is 0.893. The van der Waals surface area contributed by atoms with Crippen LogP contribution in [0, 0.1) is 17.3 Å². The number of aliphatic imine (C=N–C) groups is 1. The molecule has 0 aromatic heterocycles. The molecule has 0 aromatic carbocycles. The molecule has 7 N–H and O–H groups in total. The van der Waals surface area contributed by atoms with Crippen molar-refractivity contribution in [1.29, 1.82) is 0 Å². The molecular weight excluding hydrogens is 535 g/mol. The van der Waals surface area contributed by atoms with Gasteiger partial charge in [0, 0.05) is 57.4 Å². The van der Waals surface area contributed by atoms with Crippen molar-refractivity contribution in [2.45, 2.75) is 88.2 Å². The minimum absolute atomic E-state index is 0.0295. The van der Waals surface area contributed by atoms with Crippen molar-refractivity contribution in [3.05, 3.63) is 0 Å². The van der Waals surface area contributed by atoms with E-state index in [4.69, 9.17) is 23.1 Å². The minimum Gasteiger partial charge on any atom is -0.350 e. The normalized spacial score (nSPS) is 35.7. The molecule has 0 aliphatic carbocycles. The number of nitrogens with one attached hydrogen (secondary N) is 3. The van der Waals surface area contributed by atoms with E-state index in [0.717, 1.165) is 65.0 Å². The van der Waals surface area contributed by atoms with E-state index in [1.807, 2.05) is 4.90 Å². The Hall–Kier alpha value is -1.37. The largest absolute Gasteiger partial charge is 0.350 e. The van der Waals surface area contributed by atoms with Crippen LogP contribution in [0.1, 0.15) is 52.4 Å². The molecule has 228 valence electrons. The molecular formula is C28H50ClFN8O2. The van der Waals surface area contributed by atoms with Gasteiger partial charge in [-0.2, -0.15) is 0 Å². The smallest absolute Gasteiger partial charge is 0.228 e. The maximum Gasteiger partial charge on any atom is 0.228 e. The number of likely N-dealkylation sites (tertiary alicyclic amines) is 1. The van der Waals surface area contributed by atoms with Crippen LogP contribution in [0.5, 0.6) is 0 Å².